The van der Waals surface area contributed by atoms with Gasteiger partial charge in [0.2, 0.25) is 5.91 Å². The first-order valence-electron chi connectivity index (χ1n) is 7.18. The van der Waals surface area contributed by atoms with Crippen LogP contribution in [0, 0.1) is 17.8 Å². The van der Waals surface area contributed by atoms with Crippen LogP contribution >= 0.6 is 0 Å². The second kappa shape index (κ2) is 5.90. The lowest BCUT2D eigenvalue weighted by Crippen LogP contribution is -2.37. The maximum absolute atomic E-state index is 12.3. The standard InChI is InChI=1S/C14H23NO4/c1-9(16)12-6-7-15(8-12)13(17)10-2-4-11(5-3-10)14(18)19/h9-12,16H,2-8H2,1H3,(H,18,19). The monoisotopic (exact) mass is 269 g/mol. The molecular weight excluding hydrogens is 246 g/mol. The smallest absolute Gasteiger partial charge is 0.306 e. The zero-order valence-electron chi connectivity index (χ0n) is 11.4. The minimum Gasteiger partial charge on any atom is -0.481 e. The fourth-order valence-electron chi connectivity index (χ4n) is 3.23. The number of nitrogens with zero attached hydrogens (tertiary/aromatic N) is 1. The zero-order chi connectivity index (χ0) is 14.0. The van der Waals surface area contributed by atoms with Crippen molar-refractivity contribution >= 4 is 11.9 Å². The van der Waals surface area contributed by atoms with Crippen LogP contribution < -0.4 is 0 Å². The fourth-order valence-corrected chi connectivity index (χ4v) is 3.23. The molecule has 0 aromatic heterocycles. The van der Waals surface area contributed by atoms with E-state index in [4.69, 9.17) is 5.11 Å². The van der Waals surface area contributed by atoms with Crippen molar-refractivity contribution in [2.75, 3.05) is 13.1 Å². The second-order valence-electron chi connectivity index (χ2n) is 5.96. The topological polar surface area (TPSA) is 77.8 Å². The molecule has 2 rings (SSSR count). The molecule has 0 aromatic rings. The van der Waals surface area contributed by atoms with Crippen molar-refractivity contribution in [2.24, 2.45) is 17.8 Å². The molecule has 1 aliphatic carbocycles. The summed E-state index contributed by atoms with van der Waals surface area (Å²) < 4.78 is 0. The average Bonchev–Trinajstić information content (AvgIpc) is 2.87. The highest BCUT2D eigenvalue weighted by molar-refractivity contribution is 5.79. The van der Waals surface area contributed by atoms with Crippen LogP contribution in [0.25, 0.3) is 0 Å². The average molecular weight is 269 g/mol. The lowest BCUT2D eigenvalue weighted by Gasteiger charge is -2.29. The number of carbonyl (C=O) groups excluding carboxylic acids is 1. The van der Waals surface area contributed by atoms with Crippen LogP contribution in [-0.2, 0) is 9.59 Å². The Morgan fingerprint density at radius 2 is 1.68 bits per heavy atom. The molecule has 2 unspecified atom stereocenters. The number of hydrogen-bond donors (Lipinski definition) is 2. The van der Waals surface area contributed by atoms with E-state index in [0.29, 0.717) is 32.2 Å². The van der Waals surface area contributed by atoms with Gasteiger partial charge in [-0.25, -0.2) is 0 Å². The molecule has 1 saturated carbocycles. The second-order valence-corrected chi connectivity index (χ2v) is 5.96. The SMILES string of the molecule is CC(O)C1CCN(C(=O)C2CCC(C(=O)O)CC2)C1. The Kier molecular flexibility index (Phi) is 4.45. The molecule has 0 aromatic carbocycles. The van der Waals surface area contributed by atoms with E-state index in [-0.39, 0.29) is 29.8 Å². The lowest BCUT2D eigenvalue weighted by atomic mass is 9.81. The van der Waals surface area contributed by atoms with Crippen molar-refractivity contribution < 1.29 is 19.8 Å². The van der Waals surface area contributed by atoms with E-state index in [1.807, 2.05) is 4.90 Å². The third-order valence-electron chi connectivity index (χ3n) is 4.64. The van der Waals surface area contributed by atoms with E-state index in [0.717, 1.165) is 13.0 Å². The summed E-state index contributed by atoms with van der Waals surface area (Å²) in [6, 6.07) is 0. The van der Waals surface area contributed by atoms with E-state index >= 15 is 0 Å². The van der Waals surface area contributed by atoms with Crippen molar-refractivity contribution in [1.82, 2.24) is 4.90 Å². The highest BCUT2D eigenvalue weighted by Gasteiger charge is 2.35. The molecule has 2 atom stereocenters. The number of aliphatic hydroxyl groups excluding tert-OH is 1. The van der Waals surface area contributed by atoms with E-state index < -0.39 is 5.97 Å². The number of aliphatic hydroxyl groups is 1. The molecule has 108 valence electrons. The molecule has 5 heteroatoms. The normalized spacial score (nSPS) is 33.2. The Balaban J connectivity index is 1.83. The first-order chi connectivity index (χ1) is 8.99. The molecule has 0 radical (unpaired) electrons. The number of carboxylic acids is 1. The Bertz CT molecular complexity index is 347. The minimum atomic E-state index is -0.735. The van der Waals surface area contributed by atoms with Crippen LogP contribution in [0.4, 0.5) is 0 Å². The van der Waals surface area contributed by atoms with Gasteiger partial charge in [-0.3, -0.25) is 9.59 Å². The Labute approximate surface area is 113 Å². The summed E-state index contributed by atoms with van der Waals surface area (Å²) in [5.74, 6) is -0.663. The Morgan fingerprint density at radius 1 is 1.11 bits per heavy atom. The van der Waals surface area contributed by atoms with Crippen LogP contribution in [-0.4, -0.2) is 46.2 Å². The van der Waals surface area contributed by atoms with Crippen molar-refractivity contribution in [3.63, 3.8) is 0 Å². The van der Waals surface area contributed by atoms with Gasteiger partial charge in [0.1, 0.15) is 0 Å². The summed E-state index contributed by atoms with van der Waals surface area (Å²) in [7, 11) is 0. The third-order valence-corrected chi connectivity index (χ3v) is 4.64. The molecule has 1 saturated heterocycles. The van der Waals surface area contributed by atoms with Gasteiger partial charge < -0.3 is 15.1 Å². The highest BCUT2D eigenvalue weighted by Crippen LogP contribution is 2.31. The van der Waals surface area contributed by atoms with Crippen molar-refractivity contribution in [3.8, 4) is 0 Å². The van der Waals surface area contributed by atoms with Crippen LogP contribution in [0.5, 0.6) is 0 Å². The molecule has 1 aliphatic heterocycles. The first-order valence-corrected chi connectivity index (χ1v) is 7.18. The highest BCUT2D eigenvalue weighted by atomic mass is 16.4. The van der Waals surface area contributed by atoms with Crippen LogP contribution in [0.2, 0.25) is 0 Å². The van der Waals surface area contributed by atoms with Gasteiger partial charge in [0.15, 0.2) is 0 Å². The fraction of sp³-hybridized carbons (Fsp3) is 0.857. The number of carbonyl (C=O) groups is 2. The minimum absolute atomic E-state index is 0.0108. The van der Waals surface area contributed by atoms with Gasteiger partial charge in [-0.15, -0.1) is 0 Å². The largest absolute Gasteiger partial charge is 0.481 e. The van der Waals surface area contributed by atoms with Crippen molar-refractivity contribution in [3.05, 3.63) is 0 Å². The maximum atomic E-state index is 12.3. The first kappa shape index (κ1) is 14.3. The molecule has 2 N–H and O–H groups in total. The molecule has 0 bridgehead atoms. The van der Waals surface area contributed by atoms with E-state index in [2.05, 4.69) is 0 Å². The third kappa shape index (κ3) is 3.26. The summed E-state index contributed by atoms with van der Waals surface area (Å²) in [6.07, 6.45) is 3.10. The van der Waals surface area contributed by atoms with E-state index in [9.17, 15) is 14.7 Å². The number of carboxylic acid groups (broad SMARTS) is 1. The predicted molar refractivity (Wildman–Crippen MR) is 69.5 cm³/mol. The van der Waals surface area contributed by atoms with Gasteiger partial charge in [0.05, 0.1) is 12.0 Å². The zero-order valence-corrected chi connectivity index (χ0v) is 11.4. The molecule has 2 fully saturated rings. The summed E-state index contributed by atoms with van der Waals surface area (Å²) in [5, 5.41) is 18.5. The number of amides is 1. The number of likely N-dealkylation sites (tertiary alicyclic amines) is 1. The molecule has 2 aliphatic rings. The van der Waals surface area contributed by atoms with Crippen molar-refractivity contribution in [1.29, 1.82) is 0 Å². The van der Waals surface area contributed by atoms with E-state index in [1.54, 1.807) is 6.92 Å². The van der Waals surface area contributed by atoms with Crippen LogP contribution in [0.15, 0.2) is 0 Å². The summed E-state index contributed by atoms with van der Waals surface area (Å²) in [5.41, 5.74) is 0. The molecule has 0 spiro atoms. The summed E-state index contributed by atoms with van der Waals surface area (Å²) in [6.45, 7) is 3.15. The van der Waals surface area contributed by atoms with Gasteiger partial charge >= 0.3 is 5.97 Å². The van der Waals surface area contributed by atoms with Gasteiger partial charge in [0.25, 0.3) is 0 Å². The van der Waals surface area contributed by atoms with Crippen LogP contribution in [0.3, 0.4) is 0 Å². The molecule has 1 amide bonds. The summed E-state index contributed by atoms with van der Waals surface area (Å²) >= 11 is 0. The Morgan fingerprint density at radius 3 is 2.16 bits per heavy atom. The number of aliphatic carboxylic acids is 1. The van der Waals surface area contributed by atoms with Crippen molar-refractivity contribution in [2.45, 2.75) is 45.1 Å². The predicted octanol–water partition coefficient (Wildman–Crippen LogP) is 1.11. The number of rotatable bonds is 3. The molecular formula is C14H23NO4. The van der Waals surface area contributed by atoms with Gasteiger partial charge in [-0.1, -0.05) is 0 Å². The molecule has 1 heterocycles. The van der Waals surface area contributed by atoms with Crippen LogP contribution in [0.1, 0.15) is 39.0 Å². The molecule has 5 nitrogen and oxygen atoms in total. The lowest BCUT2D eigenvalue weighted by molar-refractivity contribution is -0.145. The molecule has 19 heavy (non-hydrogen) atoms. The number of hydrogen-bond acceptors (Lipinski definition) is 3. The van der Waals surface area contributed by atoms with Gasteiger partial charge in [-0.2, -0.15) is 0 Å². The summed E-state index contributed by atoms with van der Waals surface area (Å²) in [4.78, 5) is 25.1. The van der Waals surface area contributed by atoms with Gasteiger partial charge in [-0.05, 0) is 39.0 Å². The Hall–Kier alpha value is -1.10. The van der Waals surface area contributed by atoms with Gasteiger partial charge in [0, 0.05) is 24.9 Å². The van der Waals surface area contributed by atoms with E-state index in [1.165, 1.54) is 0 Å². The maximum Gasteiger partial charge on any atom is 0.306 e. The quantitative estimate of drug-likeness (QED) is 0.804.